The van der Waals surface area contributed by atoms with Crippen molar-refractivity contribution in [1.29, 1.82) is 0 Å². The molecule has 0 spiro atoms. The van der Waals surface area contributed by atoms with E-state index >= 15 is 0 Å². The number of anilines is 2. The molecule has 0 radical (unpaired) electrons. The zero-order valence-electron chi connectivity index (χ0n) is 26.1. The summed E-state index contributed by atoms with van der Waals surface area (Å²) < 4.78 is 13.2. The van der Waals surface area contributed by atoms with Crippen LogP contribution in [0, 0.1) is 5.92 Å². The van der Waals surface area contributed by atoms with Crippen LogP contribution in [0.1, 0.15) is 75.5 Å². The molecule has 1 aliphatic rings. The Morgan fingerprint density at radius 3 is 2.27 bits per heavy atom. The minimum absolute atomic E-state index is 0.0251. The Hall–Kier alpha value is -3.70. The number of benzene rings is 3. The Labute approximate surface area is 269 Å². The molecule has 9 nitrogen and oxygen atoms in total. The van der Waals surface area contributed by atoms with Crippen LogP contribution < -0.4 is 16.0 Å². The lowest BCUT2D eigenvalue weighted by atomic mass is 9.91. The standard InChI is InChI=1S/C35H43N3O6S/c1-23-32(22-45-31-17-15-29(16-18-31)37-25(3)41)43-35(44-34(23)27-13-11-26(21-39)12-14-27)28-8-7-9-30(20-28)38-33(42)10-5-4-6-19-36-24(2)40/h7-9,11-18,20,23,32,34-35,39H,4-6,10,19,21-22H2,1-3H3,(H,36,40)(H,37,41)(H,38,42)/t23-,32+,34+,35+/m0/s1. The number of amides is 3. The molecule has 3 amide bonds. The lowest BCUT2D eigenvalue weighted by Crippen LogP contribution is -2.38. The van der Waals surface area contributed by atoms with Crippen molar-refractivity contribution < 1.29 is 29.0 Å². The van der Waals surface area contributed by atoms with Gasteiger partial charge in [-0.1, -0.05) is 49.7 Å². The van der Waals surface area contributed by atoms with Crippen molar-refractivity contribution in [3.8, 4) is 0 Å². The topological polar surface area (TPSA) is 126 Å². The molecule has 1 aliphatic heterocycles. The largest absolute Gasteiger partial charge is 0.392 e. The van der Waals surface area contributed by atoms with Gasteiger partial charge in [0, 0.05) is 60.3 Å². The number of carbonyl (C=O) groups excluding carboxylic acids is 3. The van der Waals surface area contributed by atoms with Crippen LogP contribution >= 0.6 is 11.8 Å². The molecule has 0 aliphatic carbocycles. The van der Waals surface area contributed by atoms with Gasteiger partial charge in [0.15, 0.2) is 6.29 Å². The van der Waals surface area contributed by atoms with E-state index in [1.165, 1.54) is 13.8 Å². The van der Waals surface area contributed by atoms with E-state index in [1.807, 2.05) is 72.8 Å². The molecule has 0 aromatic heterocycles. The molecule has 3 aromatic carbocycles. The molecule has 4 atom stereocenters. The fourth-order valence-corrected chi connectivity index (χ4v) is 6.23. The lowest BCUT2D eigenvalue weighted by Gasteiger charge is -2.41. The minimum Gasteiger partial charge on any atom is -0.392 e. The number of aliphatic hydroxyl groups is 1. The van der Waals surface area contributed by atoms with Gasteiger partial charge < -0.3 is 30.5 Å². The van der Waals surface area contributed by atoms with Gasteiger partial charge in [-0.05, 0) is 60.4 Å². The van der Waals surface area contributed by atoms with E-state index in [2.05, 4.69) is 22.9 Å². The summed E-state index contributed by atoms with van der Waals surface area (Å²) in [7, 11) is 0. The zero-order chi connectivity index (χ0) is 32.2. The SMILES string of the molecule is CC(=O)NCCCCCC(=O)Nc1cccc([C@@H]2O[C@H](CSc3ccc(NC(C)=O)cc3)[C@H](C)[C@H](c3ccc(CO)cc3)O2)c1. The Kier molecular flexibility index (Phi) is 13.0. The van der Waals surface area contributed by atoms with Gasteiger partial charge >= 0.3 is 0 Å². The van der Waals surface area contributed by atoms with Crippen LogP contribution in [0.5, 0.6) is 0 Å². The van der Waals surface area contributed by atoms with E-state index in [1.54, 1.807) is 11.8 Å². The Balaban J connectivity index is 1.44. The second kappa shape index (κ2) is 17.1. The van der Waals surface area contributed by atoms with E-state index < -0.39 is 6.29 Å². The molecule has 4 rings (SSSR count). The van der Waals surface area contributed by atoms with Gasteiger partial charge in [-0.2, -0.15) is 0 Å². The highest BCUT2D eigenvalue weighted by atomic mass is 32.2. The summed E-state index contributed by atoms with van der Waals surface area (Å²) in [4.78, 5) is 36.1. The Bertz CT molecular complexity index is 1420. The number of ether oxygens (including phenoxy) is 2. The fraction of sp³-hybridized carbons (Fsp3) is 0.400. The first kappa shape index (κ1) is 34.2. The van der Waals surface area contributed by atoms with Gasteiger partial charge in [0.1, 0.15) is 0 Å². The van der Waals surface area contributed by atoms with Crippen LogP contribution in [0.4, 0.5) is 11.4 Å². The van der Waals surface area contributed by atoms with Gasteiger partial charge in [-0.15, -0.1) is 11.8 Å². The smallest absolute Gasteiger partial charge is 0.224 e. The molecule has 0 bridgehead atoms. The normalized spacial score (nSPS) is 19.5. The maximum absolute atomic E-state index is 12.6. The molecule has 1 fully saturated rings. The van der Waals surface area contributed by atoms with E-state index in [4.69, 9.17) is 9.47 Å². The van der Waals surface area contributed by atoms with Gasteiger partial charge in [0.05, 0.1) is 18.8 Å². The molecule has 10 heteroatoms. The third-order valence-corrected chi connectivity index (χ3v) is 8.71. The molecule has 3 aromatic rings. The monoisotopic (exact) mass is 633 g/mol. The maximum Gasteiger partial charge on any atom is 0.224 e. The van der Waals surface area contributed by atoms with Crippen molar-refractivity contribution in [1.82, 2.24) is 5.32 Å². The van der Waals surface area contributed by atoms with Crippen molar-refractivity contribution in [2.24, 2.45) is 5.92 Å². The highest BCUT2D eigenvalue weighted by molar-refractivity contribution is 7.99. The molecular formula is C35H43N3O6S. The molecule has 1 heterocycles. The summed E-state index contributed by atoms with van der Waals surface area (Å²) in [6.45, 7) is 5.70. The number of hydrogen-bond donors (Lipinski definition) is 4. The predicted octanol–water partition coefficient (Wildman–Crippen LogP) is 6.36. The summed E-state index contributed by atoms with van der Waals surface area (Å²) in [6, 6.07) is 23.1. The number of thioether (sulfide) groups is 1. The molecule has 0 saturated carbocycles. The summed E-state index contributed by atoms with van der Waals surface area (Å²) in [6.07, 6.45) is 1.78. The molecule has 1 saturated heterocycles. The van der Waals surface area contributed by atoms with Crippen molar-refractivity contribution >= 4 is 40.9 Å². The van der Waals surface area contributed by atoms with Crippen LogP contribution in [0.2, 0.25) is 0 Å². The number of carbonyl (C=O) groups is 3. The summed E-state index contributed by atoms with van der Waals surface area (Å²) in [5.41, 5.74) is 4.08. The van der Waals surface area contributed by atoms with Gasteiger partial charge in [0.25, 0.3) is 0 Å². The molecular weight excluding hydrogens is 590 g/mol. The van der Waals surface area contributed by atoms with Crippen LogP contribution in [-0.4, -0.2) is 41.2 Å². The first-order valence-corrected chi connectivity index (χ1v) is 16.4. The summed E-state index contributed by atoms with van der Waals surface area (Å²) in [5.74, 6) is 0.498. The first-order chi connectivity index (χ1) is 21.7. The van der Waals surface area contributed by atoms with Crippen LogP contribution in [0.15, 0.2) is 77.7 Å². The second-order valence-corrected chi connectivity index (χ2v) is 12.4. The summed E-state index contributed by atoms with van der Waals surface area (Å²) >= 11 is 1.68. The van der Waals surface area contributed by atoms with Gasteiger partial charge in [0.2, 0.25) is 17.7 Å². The van der Waals surface area contributed by atoms with E-state index in [0.29, 0.717) is 24.4 Å². The number of nitrogens with one attached hydrogen (secondary N) is 3. The van der Waals surface area contributed by atoms with Crippen molar-refractivity contribution in [3.05, 3.63) is 89.5 Å². The number of hydrogen-bond acceptors (Lipinski definition) is 7. The first-order valence-electron chi connectivity index (χ1n) is 15.4. The van der Waals surface area contributed by atoms with E-state index in [0.717, 1.165) is 46.5 Å². The van der Waals surface area contributed by atoms with Crippen LogP contribution in [0.3, 0.4) is 0 Å². The Morgan fingerprint density at radius 1 is 0.822 bits per heavy atom. The van der Waals surface area contributed by atoms with Gasteiger partial charge in [-0.25, -0.2) is 0 Å². The van der Waals surface area contributed by atoms with Gasteiger partial charge in [-0.3, -0.25) is 14.4 Å². The Morgan fingerprint density at radius 2 is 1.58 bits per heavy atom. The van der Waals surface area contributed by atoms with Crippen molar-refractivity contribution in [2.45, 2.75) is 76.5 Å². The molecule has 240 valence electrons. The number of unbranched alkanes of at least 4 members (excludes halogenated alkanes) is 2. The average molecular weight is 634 g/mol. The van der Waals surface area contributed by atoms with Crippen molar-refractivity contribution in [3.63, 3.8) is 0 Å². The predicted molar refractivity (Wildman–Crippen MR) is 177 cm³/mol. The highest BCUT2D eigenvalue weighted by Gasteiger charge is 2.38. The molecule has 45 heavy (non-hydrogen) atoms. The zero-order valence-corrected chi connectivity index (χ0v) is 26.9. The number of rotatable bonds is 14. The maximum atomic E-state index is 12.6. The van der Waals surface area contributed by atoms with Crippen LogP contribution in [-0.2, 0) is 30.5 Å². The average Bonchev–Trinajstić information content (AvgIpc) is 3.02. The fourth-order valence-electron chi connectivity index (χ4n) is 5.16. The van der Waals surface area contributed by atoms with Crippen LogP contribution in [0.25, 0.3) is 0 Å². The lowest BCUT2D eigenvalue weighted by molar-refractivity contribution is -0.268. The molecule has 4 N–H and O–H groups in total. The minimum atomic E-state index is -0.651. The summed E-state index contributed by atoms with van der Waals surface area (Å²) in [5, 5.41) is 18.1. The molecule has 0 unspecified atom stereocenters. The third-order valence-electron chi connectivity index (χ3n) is 7.61. The third kappa shape index (κ3) is 10.7. The number of aliphatic hydroxyl groups excluding tert-OH is 1. The van der Waals surface area contributed by atoms with Crippen molar-refractivity contribution in [2.75, 3.05) is 22.9 Å². The second-order valence-electron chi connectivity index (χ2n) is 11.3. The quantitative estimate of drug-likeness (QED) is 0.120. The van der Waals surface area contributed by atoms with E-state index in [-0.39, 0.29) is 42.5 Å². The van der Waals surface area contributed by atoms with E-state index in [9.17, 15) is 19.5 Å². The highest BCUT2D eigenvalue weighted by Crippen LogP contribution is 2.43.